The van der Waals surface area contributed by atoms with Crippen LogP contribution >= 0.6 is 35.0 Å². The SMILES string of the molecule is O=C1/C(=C/c2coc3c(Cl)cc(Cl)cc3c2=O)Sc2ccccc21. The standard InChI is InChI=1S/C18H8Cl2O3S/c19-10-6-12-16(21)9(8-23-18(12)13(20)7-10)5-15-17(22)11-3-1-2-4-14(11)24-15/h1-8H/b15-5-. The minimum atomic E-state index is -0.280. The number of rotatable bonds is 1. The van der Waals surface area contributed by atoms with E-state index in [1.807, 2.05) is 18.2 Å². The van der Waals surface area contributed by atoms with Gasteiger partial charge in [0, 0.05) is 15.5 Å². The van der Waals surface area contributed by atoms with E-state index in [-0.39, 0.29) is 32.8 Å². The molecule has 1 aromatic heterocycles. The maximum Gasteiger partial charge on any atom is 0.200 e. The van der Waals surface area contributed by atoms with Crippen LogP contribution in [0.5, 0.6) is 0 Å². The van der Waals surface area contributed by atoms with E-state index in [1.165, 1.54) is 30.2 Å². The first-order valence-corrected chi connectivity index (χ1v) is 8.55. The molecule has 3 aromatic rings. The highest BCUT2D eigenvalue weighted by Crippen LogP contribution is 2.40. The quantitative estimate of drug-likeness (QED) is 0.532. The van der Waals surface area contributed by atoms with Crippen molar-refractivity contribution in [2.45, 2.75) is 4.90 Å². The number of Topliss-reactive ketones (excluding diaryl/α,β-unsaturated/α-hetero) is 1. The zero-order valence-corrected chi connectivity index (χ0v) is 14.3. The largest absolute Gasteiger partial charge is 0.462 e. The second-order valence-electron chi connectivity index (χ2n) is 5.22. The molecule has 0 saturated carbocycles. The second-order valence-corrected chi connectivity index (χ2v) is 7.15. The first-order valence-electron chi connectivity index (χ1n) is 6.98. The van der Waals surface area contributed by atoms with E-state index in [1.54, 1.807) is 12.1 Å². The molecular weight excluding hydrogens is 367 g/mol. The van der Waals surface area contributed by atoms with Gasteiger partial charge < -0.3 is 4.42 Å². The maximum absolute atomic E-state index is 12.7. The molecule has 2 heterocycles. The molecule has 24 heavy (non-hydrogen) atoms. The summed E-state index contributed by atoms with van der Waals surface area (Å²) in [4.78, 5) is 26.4. The molecule has 1 aliphatic heterocycles. The van der Waals surface area contributed by atoms with Crippen molar-refractivity contribution >= 4 is 57.8 Å². The smallest absolute Gasteiger partial charge is 0.200 e. The Morgan fingerprint density at radius 3 is 2.67 bits per heavy atom. The van der Waals surface area contributed by atoms with E-state index in [9.17, 15) is 9.59 Å². The van der Waals surface area contributed by atoms with Gasteiger partial charge in [-0.1, -0.05) is 47.1 Å². The van der Waals surface area contributed by atoms with E-state index in [0.29, 0.717) is 15.5 Å². The zero-order valence-electron chi connectivity index (χ0n) is 12.0. The Balaban J connectivity index is 1.86. The summed E-state index contributed by atoms with van der Waals surface area (Å²) < 4.78 is 5.48. The van der Waals surface area contributed by atoms with E-state index < -0.39 is 0 Å². The summed E-state index contributed by atoms with van der Waals surface area (Å²) in [6.45, 7) is 0. The number of ketones is 1. The Labute approximate surface area is 150 Å². The number of allylic oxidation sites excluding steroid dienone is 1. The fourth-order valence-corrected chi connectivity index (χ4v) is 4.14. The molecule has 0 saturated heterocycles. The van der Waals surface area contributed by atoms with Gasteiger partial charge in [-0.2, -0.15) is 0 Å². The third kappa shape index (κ3) is 2.47. The van der Waals surface area contributed by atoms with Gasteiger partial charge in [-0.15, -0.1) is 0 Å². The second kappa shape index (κ2) is 5.81. The Morgan fingerprint density at radius 2 is 1.88 bits per heavy atom. The van der Waals surface area contributed by atoms with Gasteiger partial charge in [0.05, 0.1) is 20.9 Å². The van der Waals surface area contributed by atoms with Crippen molar-refractivity contribution in [1.29, 1.82) is 0 Å². The monoisotopic (exact) mass is 374 g/mol. The number of hydrogen-bond acceptors (Lipinski definition) is 4. The summed E-state index contributed by atoms with van der Waals surface area (Å²) in [6.07, 6.45) is 2.86. The van der Waals surface area contributed by atoms with Crippen LogP contribution in [0.1, 0.15) is 15.9 Å². The molecule has 2 aromatic carbocycles. The van der Waals surface area contributed by atoms with Gasteiger partial charge >= 0.3 is 0 Å². The fraction of sp³-hybridized carbons (Fsp3) is 0. The lowest BCUT2D eigenvalue weighted by Gasteiger charge is -2.02. The fourth-order valence-electron chi connectivity index (χ4n) is 2.56. The van der Waals surface area contributed by atoms with Gasteiger partial charge in [0.15, 0.2) is 11.0 Å². The number of carbonyl (C=O) groups excluding carboxylic acids is 1. The Morgan fingerprint density at radius 1 is 1.08 bits per heavy atom. The number of carbonyl (C=O) groups is 1. The first-order chi connectivity index (χ1) is 11.5. The zero-order chi connectivity index (χ0) is 16.8. The average Bonchev–Trinajstić information content (AvgIpc) is 2.87. The summed E-state index contributed by atoms with van der Waals surface area (Å²) in [5, 5.41) is 0.908. The summed E-state index contributed by atoms with van der Waals surface area (Å²) >= 11 is 13.4. The lowest BCUT2D eigenvalue weighted by atomic mass is 10.1. The van der Waals surface area contributed by atoms with Crippen LogP contribution in [0.25, 0.3) is 17.0 Å². The highest BCUT2D eigenvalue weighted by atomic mass is 35.5. The predicted octanol–water partition coefficient (Wildman–Crippen LogP) is 5.43. The third-order valence-corrected chi connectivity index (χ3v) is 5.28. The number of hydrogen-bond donors (Lipinski definition) is 0. The average molecular weight is 375 g/mol. The summed E-state index contributed by atoms with van der Waals surface area (Å²) in [5.74, 6) is -0.0979. The van der Waals surface area contributed by atoms with Crippen LogP contribution < -0.4 is 5.43 Å². The van der Waals surface area contributed by atoms with Crippen molar-refractivity contribution in [3.05, 3.63) is 79.0 Å². The Bertz CT molecular complexity index is 1100. The van der Waals surface area contributed by atoms with Crippen molar-refractivity contribution in [3.8, 4) is 0 Å². The summed E-state index contributed by atoms with van der Waals surface area (Å²) in [7, 11) is 0. The molecule has 0 fully saturated rings. The number of fused-ring (bicyclic) bond motifs is 2. The van der Waals surface area contributed by atoms with E-state index in [2.05, 4.69) is 0 Å². The molecule has 0 aliphatic carbocycles. The van der Waals surface area contributed by atoms with Crippen molar-refractivity contribution in [1.82, 2.24) is 0 Å². The van der Waals surface area contributed by atoms with Crippen LogP contribution in [0, 0.1) is 0 Å². The first kappa shape index (κ1) is 15.5. The minimum Gasteiger partial charge on any atom is -0.462 e. The molecule has 0 N–H and O–H groups in total. The number of thioether (sulfide) groups is 1. The van der Waals surface area contributed by atoms with Crippen LogP contribution in [-0.4, -0.2) is 5.78 Å². The normalized spacial score (nSPS) is 15.2. The van der Waals surface area contributed by atoms with Gasteiger partial charge in [-0.25, -0.2) is 0 Å². The molecule has 0 bridgehead atoms. The molecule has 0 unspecified atom stereocenters. The maximum atomic E-state index is 12.7. The summed E-state index contributed by atoms with van der Waals surface area (Å²) in [5.41, 5.74) is 0.925. The van der Waals surface area contributed by atoms with Crippen molar-refractivity contribution in [2.75, 3.05) is 0 Å². The lowest BCUT2D eigenvalue weighted by molar-refractivity contribution is 0.104. The Kier molecular flexibility index (Phi) is 3.76. The van der Waals surface area contributed by atoms with Crippen molar-refractivity contribution in [2.24, 2.45) is 0 Å². The molecule has 4 rings (SSSR count). The van der Waals surface area contributed by atoms with Gasteiger partial charge in [0.25, 0.3) is 0 Å². The minimum absolute atomic E-state index is 0.0979. The van der Waals surface area contributed by atoms with Gasteiger partial charge in [-0.3, -0.25) is 9.59 Å². The molecule has 118 valence electrons. The molecule has 0 atom stereocenters. The van der Waals surface area contributed by atoms with Crippen LogP contribution in [0.2, 0.25) is 10.0 Å². The van der Waals surface area contributed by atoms with Crippen LogP contribution in [-0.2, 0) is 0 Å². The van der Waals surface area contributed by atoms with Crippen molar-refractivity contribution in [3.63, 3.8) is 0 Å². The van der Waals surface area contributed by atoms with Gasteiger partial charge in [-0.05, 0) is 30.3 Å². The number of halogens is 2. The van der Waals surface area contributed by atoms with Crippen LogP contribution in [0.15, 0.2) is 61.7 Å². The predicted molar refractivity (Wildman–Crippen MR) is 97.1 cm³/mol. The molecule has 0 radical (unpaired) electrons. The third-order valence-electron chi connectivity index (χ3n) is 3.68. The van der Waals surface area contributed by atoms with E-state index in [0.717, 1.165) is 4.90 Å². The van der Waals surface area contributed by atoms with Crippen molar-refractivity contribution < 1.29 is 9.21 Å². The Hall–Kier alpha value is -2.01. The molecule has 0 spiro atoms. The topological polar surface area (TPSA) is 47.3 Å². The lowest BCUT2D eigenvalue weighted by Crippen LogP contribution is -2.06. The molecule has 3 nitrogen and oxygen atoms in total. The highest BCUT2D eigenvalue weighted by molar-refractivity contribution is 8.04. The molecular formula is C18H8Cl2O3S. The van der Waals surface area contributed by atoms with E-state index >= 15 is 0 Å². The van der Waals surface area contributed by atoms with Crippen LogP contribution in [0.4, 0.5) is 0 Å². The molecule has 1 aliphatic rings. The molecule has 6 heteroatoms. The van der Waals surface area contributed by atoms with Gasteiger partial charge in [0.1, 0.15) is 6.26 Å². The molecule has 0 amide bonds. The van der Waals surface area contributed by atoms with Gasteiger partial charge in [0.2, 0.25) is 5.78 Å². The summed E-state index contributed by atoms with van der Waals surface area (Å²) in [6, 6.07) is 10.4. The van der Waals surface area contributed by atoms with Crippen LogP contribution in [0.3, 0.4) is 0 Å². The highest BCUT2D eigenvalue weighted by Gasteiger charge is 2.25. The van der Waals surface area contributed by atoms with E-state index in [4.69, 9.17) is 27.6 Å². The number of benzene rings is 2.